The van der Waals surface area contributed by atoms with Crippen molar-refractivity contribution in [3.63, 3.8) is 0 Å². The van der Waals surface area contributed by atoms with E-state index in [1.165, 1.54) is 35.3 Å². The van der Waals surface area contributed by atoms with Gasteiger partial charge < -0.3 is 14.4 Å². The maximum absolute atomic E-state index is 5.73. The molecule has 2 aromatic rings. The minimum Gasteiger partial charge on any atom is -0.377 e. The van der Waals surface area contributed by atoms with E-state index in [9.17, 15) is 0 Å². The first kappa shape index (κ1) is 19.5. The predicted octanol–water partition coefficient (Wildman–Crippen LogP) is 6.02. The molecular weight excluding hydrogens is 346 g/mol. The monoisotopic (exact) mass is 379 g/mol. The van der Waals surface area contributed by atoms with Crippen molar-refractivity contribution in [2.75, 3.05) is 25.2 Å². The summed E-state index contributed by atoms with van der Waals surface area (Å²) in [4.78, 5) is 2.26. The van der Waals surface area contributed by atoms with E-state index in [4.69, 9.17) is 9.47 Å². The zero-order valence-electron chi connectivity index (χ0n) is 17.4. The number of benzene rings is 2. The molecule has 28 heavy (non-hydrogen) atoms. The number of nitrogens with zero attached hydrogens (tertiary/aromatic N) is 1. The van der Waals surface area contributed by atoms with Crippen molar-refractivity contribution in [2.24, 2.45) is 0 Å². The molecule has 2 aromatic carbocycles. The zero-order chi connectivity index (χ0) is 19.5. The Hall–Kier alpha value is -1.84. The minimum atomic E-state index is 0.410. The highest BCUT2D eigenvalue weighted by molar-refractivity contribution is 5.63. The van der Waals surface area contributed by atoms with Crippen molar-refractivity contribution in [3.8, 4) is 0 Å². The van der Waals surface area contributed by atoms with Crippen LogP contribution >= 0.6 is 0 Å². The summed E-state index contributed by atoms with van der Waals surface area (Å²) < 4.78 is 11.5. The van der Waals surface area contributed by atoms with Crippen LogP contribution in [-0.2, 0) is 9.47 Å². The van der Waals surface area contributed by atoms with Crippen LogP contribution in [0.15, 0.2) is 48.5 Å². The third-order valence-electron chi connectivity index (χ3n) is 6.66. The van der Waals surface area contributed by atoms with Gasteiger partial charge in [0.05, 0.1) is 12.2 Å². The van der Waals surface area contributed by atoms with Crippen LogP contribution in [0.1, 0.15) is 62.5 Å². The molecule has 0 bridgehead atoms. The van der Waals surface area contributed by atoms with E-state index in [0.717, 1.165) is 26.1 Å². The molecule has 0 aliphatic carbocycles. The largest absolute Gasteiger partial charge is 0.377 e. The van der Waals surface area contributed by atoms with Crippen LogP contribution in [0.5, 0.6) is 0 Å². The van der Waals surface area contributed by atoms with Crippen LogP contribution in [0.4, 0.5) is 11.4 Å². The Morgan fingerprint density at radius 1 is 0.750 bits per heavy atom. The summed E-state index contributed by atoms with van der Waals surface area (Å²) in [6.45, 7) is 6.35. The van der Waals surface area contributed by atoms with E-state index in [-0.39, 0.29) is 0 Å². The summed E-state index contributed by atoms with van der Waals surface area (Å²) >= 11 is 0. The van der Waals surface area contributed by atoms with Crippen molar-refractivity contribution in [3.05, 3.63) is 59.7 Å². The topological polar surface area (TPSA) is 21.7 Å². The molecule has 0 spiro atoms. The lowest BCUT2D eigenvalue weighted by Crippen LogP contribution is -2.32. The molecule has 0 amide bonds. The lowest BCUT2D eigenvalue weighted by atomic mass is 9.87. The second-order valence-corrected chi connectivity index (χ2v) is 8.17. The van der Waals surface area contributed by atoms with Gasteiger partial charge in [-0.1, -0.05) is 38.1 Å². The van der Waals surface area contributed by atoms with Crippen LogP contribution in [0, 0.1) is 0 Å². The first-order valence-electron chi connectivity index (χ1n) is 10.9. The van der Waals surface area contributed by atoms with Gasteiger partial charge in [0.25, 0.3) is 0 Å². The Morgan fingerprint density at radius 3 is 1.36 bits per heavy atom. The molecule has 0 N–H and O–H groups in total. The summed E-state index contributed by atoms with van der Waals surface area (Å²) in [5.41, 5.74) is 5.22. The molecule has 3 heteroatoms. The first-order valence-corrected chi connectivity index (χ1v) is 10.9. The summed E-state index contributed by atoms with van der Waals surface area (Å²) in [6, 6.07) is 18.1. The lowest BCUT2D eigenvalue weighted by Gasteiger charge is -2.34. The fraction of sp³-hybridized carbons (Fsp3) is 0.520. The van der Waals surface area contributed by atoms with Gasteiger partial charge in [0, 0.05) is 43.5 Å². The molecule has 4 rings (SSSR count). The average Bonchev–Trinajstić information content (AvgIpc) is 2.67. The molecule has 2 heterocycles. The highest BCUT2D eigenvalue weighted by atomic mass is 16.5. The van der Waals surface area contributed by atoms with Crippen LogP contribution in [-0.4, -0.2) is 32.5 Å². The second kappa shape index (κ2) is 8.67. The van der Waals surface area contributed by atoms with Crippen LogP contribution in [0.3, 0.4) is 0 Å². The molecule has 2 aliphatic heterocycles. The Morgan fingerprint density at radius 2 is 1.11 bits per heavy atom. The number of hydrogen-bond donors (Lipinski definition) is 0. The molecule has 0 aromatic heterocycles. The maximum atomic E-state index is 5.73. The van der Waals surface area contributed by atoms with Gasteiger partial charge in [-0.3, -0.25) is 0 Å². The Bertz CT molecular complexity index is 682. The van der Waals surface area contributed by atoms with E-state index in [2.05, 4.69) is 74.3 Å². The Labute approximate surface area is 169 Å². The second-order valence-electron chi connectivity index (χ2n) is 8.17. The highest BCUT2D eigenvalue weighted by Gasteiger charge is 2.29. The van der Waals surface area contributed by atoms with Gasteiger partial charge >= 0.3 is 0 Å². The normalized spacial score (nSPS) is 23.4. The molecule has 0 radical (unpaired) electrons. The molecule has 2 saturated heterocycles. The number of rotatable bonds is 8. The van der Waals surface area contributed by atoms with Crippen molar-refractivity contribution < 1.29 is 9.47 Å². The van der Waals surface area contributed by atoms with Crippen molar-refractivity contribution in [1.29, 1.82) is 0 Å². The number of anilines is 2. The lowest BCUT2D eigenvalue weighted by molar-refractivity contribution is -0.0669. The molecular formula is C25H33NO2. The standard InChI is InChI=1S/C25H33NO2/c1-4-22(24-14-16-27-24)18-6-10-20(11-7-18)26(3)21-12-8-19(9-13-21)23(5-2)25-15-17-28-25/h6-13,22-25H,4-5,14-17H2,1-3H3. The Kier molecular flexibility index (Phi) is 6.03. The fourth-order valence-electron chi connectivity index (χ4n) is 4.61. The van der Waals surface area contributed by atoms with E-state index < -0.39 is 0 Å². The molecule has 2 fully saturated rings. The molecule has 2 aliphatic rings. The van der Waals surface area contributed by atoms with Gasteiger partial charge in [0.1, 0.15) is 0 Å². The van der Waals surface area contributed by atoms with E-state index in [0.29, 0.717) is 24.0 Å². The van der Waals surface area contributed by atoms with E-state index >= 15 is 0 Å². The average molecular weight is 380 g/mol. The van der Waals surface area contributed by atoms with Crippen LogP contribution < -0.4 is 4.90 Å². The summed E-state index contributed by atoms with van der Waals surface area (Å²) in [7, 11) is 2.14. The summed E-state index contributed by atoms with van der Waals surface area (Å²) in [6.07, 6.45) is 5.46. The number of hydrogen-bond acceptors (Lipinski definition) is 3. The van der Waals surface area contributed by atoms with Crippen molar-refractivity contribution in [2.45, 2.75) is 63.6 Å². The third-order valence-corrected chi connectivity index (χ3v) is 6.66. The van der Waals surface area contributed by atoms with Crippen LogP contribution in [0.25, 0.3) is 0 Å². The third kappa shape index (κ3) is 3.83. The van der Waals surface area contributed by atoms with Gasteiger partial charge in [-0.2, -0.15) is 0 Å². The SMILES string of the molecule is CCC(c1ccc(N(C)c2ccc(C(CC)C3CCO3)cc2)cc1)C1CCO1. The zero-order valence-corrected chi connectivity index (χ0v) is 17.4. The smallest absolute Gasteiger partial charge is 0.0665 e. The maximum Gasteiger partial charge on any atom is 0.0665 e. The molecule has 4 unspecified atom stereocenters. The molecule has 4 atom stereocenters. The van der Waals surface area contributed by atoms with Gasteiger partial charge in [0.15, 0.2) is 0 Å². The van der Waals surface area contributed by atoms with Gasteiger partial charge in [-0.25, -0.2) is 0 Å². The summed E-state index contributed by atoms with van der Waals surface area (Å²) in [5, 5.41) is 0. The minimum absolute atomic E-state index is 0.410. The quantitative estimate of drug-likeness (QED) is 0.560. The summed E-state index contributed by atoms with van der Waals surface area (Å²) in [5.74, 6) is 1.04. The van der Waals surface area contributed by atoms with E-state index in [1.54, 1.807) is 0 Å². The van der Waals surface area contributed by atoms with Gasteiger partial charge in [-0.15, -0.1) is 0 Å². The molecule has 150 valence electrons. The highest BCUT2D eigenvalue weighted by Crippen LogP contribution is 2.35. The number of ether oxygens (including phenoxy) is 2. The Balaban J connectivity index is 1.45. The fourth-order valence-corrected chi connectivity index (χ4v) is 4.61. The van der Waals surface area contributed by atoms with Crippen molar-refractivity contribution >= 4 is 11.4 Å². The first-order chi connectivity index (χ1) is 13.7. The van der Waals surface area contributed by atoms with Crippen LogP contribution in [0.2, 0.25) is 0 Å². The predicted molar refractivity (Wildman–Crippen MR) is 116 cm³/mol. The molecule has 0 saturated carbocycles. The van der Waals surface area contributed by atoms with Gasteiger partial charge in [0.2, 0.25) is 0 Å². The molecule has 3 nitrogen and oxygen atoms in total. The van der Waals surface area contributed by atoms with Crippen molar-refractivity contribution in [1.82, 2.24) is 0 Å². The van der Waals surface area contributed by atoms with Gasteiger partial charge in [-0.05, 0) is 61.1 Å². The van der Waals surface area contributed by atoms with E-state index in [1.807, 2.05) is 0 Å².